The van der Waals surface area contributed by atoms with E-state index in [1.54, 1.807) is 6.07 Å². The van der Waals surface area contributed by atoms with Crippen molar-refractivity contribution in [1.82, 2.24) is 5.32 Å². The Hall–Kier alpha value is -1.29. The normalized spacial score (nSPS) is 11.2. The minimum Gasteiger partial charge on any atom is -0.447 e. The van der Waals surface area contributed by atoms with Crippen LogP contribution in [0, 0.1) is 12.3 Å². The van der Waals surface area contributed by atoms with Crippen molar-refractivity contribution in [3.05, 3.63) is 17.9 Å². The molecule has 0 aliphatic heterocycles. The number of rotatable bonds is 6. The standard InChI is InChI=1S/C10H14N2O3S/c1-2-3-4-7-12-8-9-5-6-10(15-9)16(11,13)14/h1,5-6,12H,3-4,7-8H2,(H2,11,13,14). The zero-order chi connectivity index (χ0) is 12.0. The van der Waals surface area contributed by atoms with Gasteiger partial charge in [-0.1, -0.05) is 0 Å². The first-order valence-corrected chi connectivity index (χ1v) is 6.34. The van der Waals surface area contributed by atoms with Gasteiger partial charge in [-0.05, 0) is 25.1 Å². The molecular weight excluding hydrogens is 228 g/mol. The topological polar surface area (TPSA) is 85.3 Å². The van der Waals surface area contributed by atoms with Gasteiger partial charge in [-0.2, -0.15) is 0 Å². The molecule has 0 unspecified atom stereocenters. The van der Waals surface area contributed by atoms with Gasteiger partial charge in [-0.3, -0.25) is 0 Å². The van der Waals surface area contributed by atoms with Crippen LogP contribution in [0.25, 0.3) is 0 Å². The molecule has 0 aromatic carbocycles. The molecule has 1 heterocycles. The highest BCUT2D eigenvalue weighted by atomic mass is 32.2. The van der Waals surface area contributed by atoms with E-state index in [1.807, 2.05) is 0 Å². The highest BCUT2D eigenvalue weighted by Crippen LogP contribution is 2.11. The lowest BCUT2D eigenvalue weighted by Gasteiger charge is -1.99. The molecule has 0 aliphatic rings. The zero-order valence-corrected chi connectivity index (χ0v) is 9.59. The number of furan rings is 1. The number of nitrogens with one attached hydrogen (secondary N) is 1. The first-order chi connectivity index (χ1) is 7.54. The van der Waals surface area contributed by atoms with E-state index in [2.05, 4.69) is 11.2 Å². The van der Waals surface area contributed by atoms with Crippen LogP contribution >= 0.6 is 0 Å². The molecule has 6 heteroatoms. The van der Waals surface area contributed by atoms with Gasteiger partial charge in [0.25, 0.3) is 10.0 Å². The Balaban J connectivity index is 2.39. The van der Waals surface area contributed by atoms with Crippen LogP contribution in [0.1, 0.15) is 18.6 Å². The van der Waals surface area contributed by atoms with Gasteiger partial charge in [0, 0.05) is 6.42 Å². The molecule has 0 bridgehead atoms. The molecule has 0 atom stereocenters. The third kappa shape index (κ3) is 4.06. The third-order valence-corrected chi connectivity index (χ3v) is 2.67. The average Bonchev–Trinajstić information content (AvgIpc) is 2.65. The van der Waals surface area contributed by atoms with Gasteiger partial charge in [0.15, 0.2) is 0 Å². The number of sulfonamides is 1. The van der Waals surface area contributed by atoms with Crippen molar-refractivity contribution in [3.8, 4) is 12.3 Å². The summed E-state index contributed by atoms with van der Waals surface area (Å²) >= 11 is 0. The van der Waals surface area contributed by atoms with Gasteiger partial charge in [0.1, 0.15) is 5.76 Å². The Labute approximate surface area is 95.1 Å². The molecule has 88 valence electrons. The van der Waals surface area contributed by atoms with Crippen molar-refractivity contribution in [3.63, 3.8) is 0 Å². The SMILES string of the molecule is C#CCCCNCc1ccc(S(N)(=O)=O)o1. The van der Waals surface area contributed by atoms with Crippen molar-refractivity contribution in [2.75, 3.05) is 6.54 Å². The molecular formula is C10H14N2O3S. The van der Waals surface area contributed by atoms with E-state index in [0.29, 0.717) is 18.7 Å². The van der Waals surface area contributed by atoms with Gasteiger partial charge >= 0.3 is 0 Å². The lowest BCUT2D eigenvalue weighted by Crippen LogP contribution is -2.14. The summed E-state index contributed by atoms with van der Waals surface area (Å²) in [5, 5.41) is 7.76. The van der Waals surface area contributed by atoms with Crippen molar-refractivity contribution in [1.29, 1.82) is 0 Å². The van der Waals surface area contributed by atoms with E-state index in [0.717, 1.165) is 13.0 Å². The van der Waals surface area contributed by atoms with Crippen molar-refractivity contribution in [2.45, 2.75) is 24.5 Å². The van der Waals surface area contributed by atoms with Gasteiger partial charge in [-0.25, -0.2) is 13.6 Å². The first kappa shape index (κ1) is 12.8. The fourth-order valence-corrected chi connectivity index (χ4v) is 1.61. The number of nitrogens with two attached hydrogens (primary N) is 1. The number of terminal acetylenes is 1. The molecule has 3 N–H and O–H groups in total. The van der Waals surface area contributed by atoms with E-state index >= 15 is 0 Å². The summed E-state index contributed by atoms with van der Waals surface area (Å²) in [4.78, 5) is 0. The van der Waals surface area contributed by atoms with Crippen LogP contribution in [0.4, 0.5) is 0 Å². The summed E-state index contributed by atoms with van der Waals surface area (Å²) in [6.45, 7) is 1.22. The lowest BCUT2D eigenvalue weighted by molar-refractivity contribution is 0.402. The van der Waals surface area contributed by atoms with Gasteiger partial charge in [-0.15, -0.1) is 12.3 Å². The van der Waals surface area contributed by atoms with Crippen molar-refractivity contribution >= 4 is 10.0 Å². The Morgan fingerprint density at radius 1 is 1.50 bits per heavy atom. The molecule has 1 aromatic rings. The van der Waals surface area contributed by atoms with Crippen molar-refractivity contribution in [2.24, 2.45) is 5.14 Å². The van der Waals surface area contributed by atoms with Crippen LogP contribution in [-0.4, -0.2) is 15.0 Å². The largest absolute Gasteiger partial charge is 0.447 e. The van der Waals surface area contributed by atoms with E-state index in [4.69, 9.17) is 16.0 Å². The second kappa shape index (κ2) is 5.70. The molecule has 0 saturated heterocycles. The summed E-state index contributed by atoms with van der Waals surface area (Å²) in [6.07, 6.45) is 6.69. The molecule has 0 aliphatic carbocycles. The summed E-state index contributed by atoms with van der Waals surface area (Å²) in [6, 6.07) is 2.92. The number of unbranched alkanes of at least 4 members (excludes halogenated alkanes) is 1. The summed E-state index contributed by atoms with van der Waals surface area (Å²) in [5.74, 6) is 3.06. The van der Waals surface area contributed by atoms with E-state index in [9.17, 15) is 8.42 Å². The number of hydrogen-bond donors (Lipinski definition) is 2. The lowest BCUT2D eigenvalue weighted by atomic mass is 10.3. The minimum absolute atomic E-state index is 0.215. The average molecular weight is 242 g/mol. The van der Waals surface area contributed by atoms with Crippen LogP contribution in [0.2, 0.25) is 0 Å². The second-order valence-corrected chi connectivity index (χ2v) is 4.74. The Kier molecular flexibility index (Phi) is 4.55. The maximum absolute atomic E-state index is 10.9. The van der Waals surface area contributed by atoms with E-state index < -0.39 is 10.0 Å². The maximum Gasteiger partial charge on any atom is 0.271 e. The second-order valence-electron chi connectivity index (χ2n) is 3.25. The van der Waals surface area contributed by atoms with Crippen LogP contribution in [0.15, 0.2) is 21.6 Å². The molecule has 1 rings (SSSR count). The molecule has 1 aromatic heterocycles. The predicted molar refractivity (Wildman–Crippen MR) is 59.9 cm³/mol. The minimum atomic E-state index is -3.74. The summed E-state index contributed by atoms with van der Waals surface area (Å²) in [5.41, 5.74) is 0. The fourth-order valence-electron chi connectivity index (χ4n) is 1.13. The monoisotopic (exact) mass is 242 g/mol. The highest BCUT2D eigenvalue weighted by molar-refractivity contribution is 7.89. The van der Waals surface area contributed by atoms with E-state index in [-0.39, 0.29) is 5.09 Å². The molecule has 16 heavy (non-hydrogen) atoms. The molecule has 0 amide bonds. The van der Waals surface area contributed by atoms with Crippen molar-refractivity contribution < 1.29 is 12.8 Å². The quantitative estimate of drug-likeness (QED) is 0.559. The van der Waals surface area contributed by atoms with Crippen LogP contribution in [0.5, 0.6) is 0 Å². The Morgan fingerprint density at radius 2 is 2.25 bits per heavy atom. The molecule has 5 nitrogen and oxygen atoms in total. The summed E-state index contributed by atoms with van der Waals surface area (Å²) < 4.78 is 26.8. The molecule has 0 fully saturated rings. The Morgan fingerprint density at radius 3 is 2.81 bits per heavy atom. The van der Waals surface area contributed by atoms with Crippen LogP contribution in [0.3, 0.4) is 0 Å². The number of hydrogen-bond acceptors (Lipinski definition) is 4. The zero-order valence-electron chi connectivity index (χ0n) is 8.77. The third-order valence-electron chi connectivity index (χ3n) is 1.89. The smallest absolute Gasteiger partial charge is 0.271 e. The van der Waals surface area contributed by atoms with Gasteiger partial charge in [0.2, 0.25) is 5.09 Å². The van der Waals surface area contributed by atoms with Gasteiger partial charge < -0.3 is 9.73 Å². The molecule has 0 saturated carbocycles. The Bertz CT molecular complexity index is 470. The fraction of sp³-hybridized carbons (Fsp3) is 0.400. The van der Waals surface area contributed by atoms with Crippen LogP contribution in [-0.2, 0) is 16.6 Å². The highest BCUT2D eigenvalue weighted by Gasteiger charge is 2.12. The maximum atomic E-state index is 10.9. The first-order valence-electron chi connectivity index (χ1n) is 4.79. The van der Waals surface area contributed by atoms with E-state index in [1.165, 1.54) is 6.07 Å². The molecule has 0 spiro atoms. The van der Waals surface area contributed by atoms with Crippen LogP contribution < -0.4 is 10.5 Å². The summed E-state index contributed by atoms with van der Waals surface area (Å²) in [7, 11) is -3.74. The molecule has 0 radical (unpaired) electrons. The predicted octanol–water partition coefficient (Wildman–Crippen LogP) is 0.430. The van der Waals surface area contributed by atoms with Gasteiger partial charge in [0.05, 0.1) is 6.54 Å². The number of primary sulfonamides is 1.